The Labute approximate surface area is 180 Å². The van der Waals surface area contributed by atoms with Crippen molar-refractivity contribution in [3.8, 4) is 0 Å². The lowest BCUT2D eigenvalue weighted by Crippen LogP contribution is -2.49. The van der Waals surface area contributed by atoms with E-state index in [1.165, 1.54) is 17.4 Å². The minimum absolute atomic E-state index is 0.0819. The number of nitrogens with zero attached hydrogens (tertiary/aromatic N) is 2. The van der Waals surface area contributed by atoms with Gasteiger partial charge in [0, 0.05) is 30.3 Å². The van der Waals surface area contributed by atoms with Crippen LogP contribution in [0.4, 0.5) is 4.39 Å². The standard InChI is InChI=1S/C24H25FN2O2S/c25-20-10-5-4-9-19(20)14-24(17-28)11-6-12-27(16-24)23(29)21-15-30-22(26-21)13-18-7-2-1-3-8-18/h1-5,7-10,15,28H,6,11-14,16-17H2. The second-order valence-corrected chi connectivity index (χ2v) is 8.99. The maximum Gasteiger partial charge on any atom is 0.273 e. The molecule has 0 aliphatic carbocycles. The van der Waals surface area contributed by atoms with Crippen LogP contribution in [0, 0.1) is 11.2 Å². The number of aliphatic hydroxyl groups excluding tert-OH is 1. The second-order valence-electron chi connectivity index (χ2n) is 8.05. The number of benzene rings is 2. The summed E-state index contributed by atoms with van der Waals surface area (Å²) in [5.74, 6) is -0.379. The number of amides is 1. The molecule has 2 heterocycles. The van der Waals surface area contributed by atoms with Crippen LogP contribution < -0.4 is 0 Å². The molecular formula is C24H25FN2O2S. The number of carbonyl (C=O) groups excluding carboxylic acids is 1. The van der Waals surface area contributed by atoms with Gasteiger partial charge in [-0.1, -0.05) is 48.5 Å². The Morgan fingerprint density at radius 2 is 1.93 bits per heavy atom. The van der Waals surface area contributed by atoms with Crippen LogP contribution in [-0.4, -0.2) is 40.6 Å². The molecule has 0 saturated carbocycles. The number of rotatable bonds is 6. The molecule has 1 aliphatic rings. The maximum atomic E-state index is 14.2. The van der Waals surface area contributed by atoms with Crippen LogP contribution in [0.2, 0.25) is 0 Å². The van der Waals surface area contributed by atoms with E-state index in [-0.39, 0.29) is 18.3 Å². The monoisotopic (exact) mass is 424 g/mol. The summed E-state index contributed by atoms with van der Waals surface area (Å²) >= 11 is 1.49. The van der Waals surface area contributed by atoms with Crippen LogP contribution in [-0.2, 0) is 12.8 Å². The van der Waals surface area contributed by atoms with E-state index in [9.17, 15) is 14.3 Å². The molecule has 1 fully saturated rings. The van der Waals surface area contributed by atoms with Gasteiger partial charge in [0.2, 0.25) is 0 Å². The van der Waals surface area contributed by atoms with E-state index in [0.717, 1.165) is 23.4 Å². The van der Waals surface area contributed by atoms with Gasteiger partial charge >= 0.3 is 0 Å². The first-order valence-corrected chi connectivity index (χ1v) is 11.1. The van der Waals surface area contributed by atoms with Gasteiger partial charge in [-0.05, 0) is 36.5 Å². The van der Waals surface area contributed by atoms with E-state index in [4.69, 9.17) is 0 Å². The van der Waals surface area contributed by atoms with Crippen molar-refractivity contribution in [3.05, 3.63) is 87.6 Å². The Morgan fingerprint density at radius 3 is 2.70 bits per heavy atom. The summed E-state index contributed by atoms with van der Waals surface area (Å²) in [6, 6.07) is 16.7. The van der Waals surface area contributed by atoms with Gasteiger partial charge in [-0.2, -0.15) is 0 Å². The van der Waals surface area contributed by atoms with Crippen molar-refractivity contribution >= 4 is 17.2 Å². The van der Waals surface area contributed by atoms with Crippen molar-refractivity contribution in [2.45, 2.75) is 25.7 Å². The molecule has 1 aliphatic heterocycles. The SMILES string of the molecule is O=C(c1csc(Cc2ccccc2)n1)N1CCCC(CO)(Cc2ccccc2F)C1. The molecule has 1 atom stereocenters. The number of aromatic nitrogens is 1. The number of piperidine rings is 1. The van der Waals surface area contributed by atoms with Crippen LogP contribution in [0.3, 0.4) is 0 Å². The summed E-state index contributed by atoms with van der Waals surface area (Å²) in [5, 5.41) is 12.9. The van der Waals surface area contributed by atoms with Crippen molar-refractivity contribution in [3.63, 3.8) is 0 Å². The van der Waals surface area contributed by atoms with Gasteiger partial charge in [0.25, 0.3) is 5.91 Å². The molecule has 1 amide bonds. The fourth-order valence-corrected chi connectivity index (χ4v) is 4.98. The van der Waals surface area contributed by atoms with Crippen LogP contribution in [0.5, 0.6) is 0 Å². The zero-order valence-electron chi connectivity index (χ0n) is 16.8. The first kappa shape index (κ1) is 20.7. The Balaban J connectivity index is 1.47. The van der Waals surface area contributed by atoms with Crippen molar-refractivity contribution < 1.29 is 14.3 Å². The molecular weight excluding hydrogens is 399 g/mol. The summed E-state index contributed by atoms with van der Waals surface area (Å²) in [4.78, 5) is 19.4. The highest BCUT2D eigenvalue weighted by Gasteiger charge is 2.38. The molecule has 1 unspecified atom stereocenters. The fraction of sp³-hybridized carbons (Fsp3) is 0.333. The Morgan fingerprint density at radius 1 is 1.17 bits per heavy atom. The highest BCUT2D eigenvalue weighted by Crippen LogP contribution is 2.34. The van der Waals surface area contributed by atoms with Gasteiger partial charge < -0.3 is 10.0 Å². The van der Waals surface area contributed by atoms with Gasteiger partial charge in [0.05, 0.1) is 11.6 Å². The normalized spacial score (nSPS) is 19.1. The molecule has 4 nitrogen and oxygen atoms in total. The third-order valence-electron chi connectivity index (χ3n) is 5.78. The first-order valence-electron chi connectivity index (χ1n) is 10.2. The van der Waals surface area contributed by atoms with Gasteiger partial charge in [-0.25, -0.2) is 9.37 Å². The molecule has 1 N–H and O–H groups in total. The number of halogens is 1. The number of hydrogen-bond acceptors (Lipinski definition) is 4. The molecule has 0 radical (unpaired) electrons. The molecule has 1 aromatic heterocycles. The van der Waals surface area contributed by atoms with E-state index in [0.29, 0.717) is 37.2 Å². The third-order valence-corrected chi connectivity index (χ3v) is 6.63. The Bertz CT molecular complexity index is 1010. The number of aliphatic hydroxyl groups is 1. The van der Waals surface area contributed by atoms with Crippen LogP contribution in [0.15, 0.2) is 60.0 Å². The van der Waals surface area contributed by atoms with Gasteiger partial charge in [0.15, 0.2) is 0 Å². The number of hydrogen-bond donors (Lipinski definition) is 1. The van der Waals surface area contributed by atoms with E-state index in [2.05, 4.69) is 4.98 Å². The zero-order valence-corrected chi connectivity index (χ0v) is 17.6. The van der Waals surface area contributed by atoms with Crippen molar-refractivity contribution in [2.24, 2.45) is 5.41 Å². The molecule has 2 aromatic carbocycles. The molecule has 6 heteroatoms. The third kappa shape index (κ3) is 4.60. The van der Waals surface area contributed by atoms with Gasteiger partial charge in [-0.15, -0.1) is 11.3 Å². The minimum atomic E-state index is -0.529. The average Bonchev–Trinajstić information content (AvgIpc) is 3.24. The molecule has 156 valence electrons. The highest BCUT2D eigenvalue weighted by molar-refractivity contribution is 7.09. The van der Waals surface area contributed by atoms with Crippen molar-refractivity contribution in [2.75, 3.05) is 19.7 Å². The van der Waals surface area contributed by atoms with Gasteiger partial charge in [-0.3, -0.25) is 4.79 Å². The molecule has 4 rings (SSSR count). The zero-order chi connectivity index (χ0) is 21.0. The molecule has 0 spiro atoms. The average molecular weight is 425 g/mol. The molecule has 3 aromatic rings. The lowest BCUT2D eigenvalue weighted by Gasteiger charge is -2.41. The predicted octanol–water partition coefficient (Wildman–Crippen LogP) is 4.33. The topological polar surface area (TPSA) is 53.4 Å². The second kappa shape index (κ2) is 9.06. The Hall–Kier alpha value is -2.57. The first-order chi connectivity index (χ1) is 14.6. The summed E-state index contributed by atoms with van der Waals surface area (Å²) in [6.45, 7) is 0.951. The van der Waals surface area contributed by atoms with E-state index >= 15 is 0 Å². The summed E-state index contributed by atoms with van der Waals surface area (Å²) in [7, 11) is 0. The predicted molar refractivity (Wildman–Crippen MR) is 116 cm³/mol. The van der Waals surface area contributed by atoms with Crippen LogP contribution >= 0.6 is 11.3 Å². The summed E-state index contributed by atoms with van der Waals surface area (Å²) in [5.41, 5.74) is 1.66. The number of thiazole rings is 1. The van der Waals surface area contributed by atoms with E-state index in [1.807, 2.05) is 35.7 Å². The number of carbonyl (C=O) groups is 1. The summed E-state index contributed by atoms with van der Waals surface area (Å²) < 4.78 is 14.2. The van der Waals surface area contributed by atoms with Crippen LogP contribution in [0.1, 0.15) is 39.5 Å². The van der Waals surface area contributed by atoms with Crippen LogP contribution in [0.25, 0.3) is 0 Å². The van der Waals surface area contributed by atoms with Crippen molar-refractivity contribution in [1.29, 1.82) is 0 Å². The summed E-state index contributed by atoms with van der Waals surface area (Å²) in [6.07, 6.45) is 2.66. The molecule has 30 heavy (non-hydrogen) atoms. The maximum absolute atomic E-state index is 14.2. The van der Waals surface area contributed by atoms with Gasteiger partial charge in [0.1, 0.15) is 11.5 Å². The van der Waals surface area contributed by atoms with E-state index < -0.39 is 5.41 Å². The number of likely N-dealkylation sites (tertiary alicyclic amines) is 1. The van der Waals surface area contributed by atoms with Crippen molar-refractivity contribution in [1.82, 2.24) is 9.88 Å². The molecule has 1 saturated heterocycles. The lowest BCUT2D eigenvalue weighted by molar-refractivity contribution is 0.0265. The Kier molecular flexibility index (Phi) is 6.25. The quantitative estimate of drug-likeness (QED) is 0.641. The minimum Gasteiger partial charge on any atom is -0.396 e. The highest BCUT2D eigenvalue weighted by atomic mass is 32.1. The largest absolute Gasteiger partial charge is 0.396 e. The van der Waals surface area contributed by atoms with E-state index in [1.54, 1.807) is 23.1 Å². The fourth-order valence-electron chi connectivity index (χ4n) is 4.18. The smallest absolute Gasteiger partial charge is 0.273 e. The lowest BCUT2D eigenvalue weighted by atomic mass is 9.75. The molecule has 0 bridgehead atoms.